The monoisotopic (exact) mass is 358 g/mol. The number of amides is 1. The number of methoxy groups -OCH3 is 1. The van der Waals surface area contributed by atoms with Crippen LogP contribution in [0.4, 0.5) is 4.39 Å². The number of nitrogens with one attached hydrogen (secondary N) is 1. The molecule has 2 heterocycles. The van der Waals surface area contributed by atoms with Crippen LogP contribution in [0.2, 0.25) is 0 Å². The topological polar surface area (TPSA) is 71.1 Å². The molecule has 1 N–H and O–H groups in total. The molecule has 2 atom stereocenters. The molecule has 1 aliphatic carbocycles. The summed E-state index contributed by atoms with van der Waals surface area (Å²) in [6.07, 6.45) is 2.51. The van der Waals surface area contributed by atoms with Crippen molar-refractivity contribution in [2.24, 2.45) is 5.92 Å². The third kappa shape index (κ3) is 3.62. The van der Waals surface area contributed by atoms with Crippen molar-refractivity contribution in [1.29, 1.82) is 0 Å². The van der Waals surface area contributed by atoms with Gasteiger partial charge in [-0.05, 0) is 30.5 Å². The fourth-order valence-corrected chi connectivity index (χ4v) is 3.68. The lowest BCUT2D eigenvalue weighted by molar-refractivity contribution is -0.129. The number of carbonyl (C=O) groups excluding carboxylic acids is 1. The SMILES string of the molecule is COC[C@@H]1CN(C(=O)Cc2cccc(F)c2)C[C@H]1c1nc(C2CC2)n[nH]1. The molecular formula is C19H23FN4O2. The summed E-state index contributed by atoms with van der Waals surface area (Å²) >= 11 is 0. The second-order valence-electron chi connectivity index (χ2n) is 7.28. The maximum Gasteiger partial charge on any atom is 0.227 e. The summed E-state index contributed by atoms with van der Waals surface area (Å²) in [5, 5.41) is 7.41. The number of aromatic amines is 1. The first kappa shape index (κ1) is 17.1. The van der Waals surface area contributed by atoms with E-state index in [0.29, 0.717) is 31.2 Å². The minimum atomic E-state index is -0.318. The Morgan fingerprint density at radius 2 is 2.23 bits per heavy atom. The van der Waals surface area contributed by atoms with Crippen molar-refractivity contribution in [2.45, 2.75) is 31.1 Å². The van der Waals surface area contributed by atoms with E-state index in [1.54, 1.807) is 19.2 Å². The van der Waals surface area contributed by atoms with E-state index < -0.39 is 0 Å². The first-order chi connectivity index (χ1) is 12.6. The molecule has 1 saturated heterocycles. The number of H-pyrrole nitrogens is 1. The van der Waals surface area contributed by atoms with Crippen LogP contribution < -0.4 is 0 Å². The molecule has 2 fully saturated rings. The third-order valence-corrected chi connectivity index (χ3v) is 5.23. The number of nitrogens with zero attached hydrogens (tertiary/aromatic N) is 3. The Labute approximate surface area is 151 Å². The van der Waals surface area contributed by atoms with E-state index in [4.69, 9.17) is 4.74 Å². The van der Waals surface area contributed by atoms with E-state index >= 15 is 0 Å². The predicted octanol–water partition coefficient (Wildman–Crippen LogP) is 2.25. The molecule has 0 radical (unpaired) electrons. The smallest absolute Gasteiger partial charge is 0.227 e. The molecule has 2 aliphatic rings. The number of rotatable bonds is 6. The molecule has 1 aromatic carbocycles. The molecule has 138 valence electrons. The number of carbonyl (C=O) groups is 1. The van der Waals surface area contributed by atoms with E-state index in [9.17, 15) is 9.18 Å². The second-order valence-corrected chi connectivity index (χ2v) is 7.28. The van der Waals surface area contributed by atoms with Crippen LogP contribution in [0.3, 0.4) is 0 Å². The Morgan fingerprint density at radius 3 is 2.96 bits per heavy atom. The minimum absolute atomic E-state index is 0.00105. The fraction of sp³-hybridized carbons (Fsp3) is 0.526. The maximum atomic E-state index is 13.4. The highest BCUT2D eigenvalue weighted by atomic mass is 19.1. The summed E-state index contributed by atoms with van der Waals surface area (Å²) in [6.45, 7) is 1.77. The van der Waals surface area contributed by atoms with Gasteiger partial charge < -0.3 is 9.64 Å². The zero-order chi connectivity index (χ0) is 18.1. The Balaban J connectivity index is 1.46. The number of hydrogen-bond donors (Lipinski definition) is 1. The summed E-state index contributed by atoms with van der Waals surface area (Å²) in [4.78, 5) is 19.2. The zero-order valence-electron chi connectivity index (χ0n) is 14.8. The summed E-state index contributed by atoms with van der Waals surface area (Å²) < 4.78 is 18.7. The average molecular weight is 358 g/mol. The Morgan fingerprint density at radius 1 is 1.38 bits per heavy atom. The Bertz CT molecular complexity index is 789. The number of halogens is 1. The second kappa shape index (κ2) is 7.15. The summed E-state index contributed by atoms with van der Waals surface area (Å²) in [6, 6.07) is 6.21. The van der Waals surface area contributed by atoms with Gasteiger partial charge in [0.25, 0.3) is 0 Å². The van der Waals surface area contributed by atoms with E-state index in [1.807, 2.05) is 4.90 Å². The molecule has 2 aromatic rings. The number of ether oxygens (including phenoxy) is 1. The molecule has 1 aromatic heterocycles. The Kier molecular flexibility index (Phi) is 4.72. The van der Waals surface area contributed by atoms with Crippen molar-refractivity contribution in [3.8, 4) is 0 Å². The first-order valence-corrected chi connectivity index (χ1v) is 9.07. The molecule has 26 heavy (non-hydrogen) atoms. The standard InChI is InChI=1S/C19H23FN4O2/c1-26-11-14-9-24(17(25)8-12-3-2-4-15(20)7-12)10-16(14)19-21-18(22-23-19)13-5-6-13/h2-4,7,13-14,16H,5-6,8-11H2,1H3,(H,21,22,23)/t14-,16+/m0/s1. The van der Waals surface area contributed by atoms with Gasteiger partial charge in [-0.15, -0.1) is 0 Å². The first-order valence-electron chi connectivity index (χ1n) is 9.07. The van der Waals surface area contributed by atoms with Gasteiger partial charge in [-0.2, -0.15) is 5.10 Å². The molecule has 6 nitrogen and oxygen atoms in total. The summed E-state index contributed by atoms with van der Waals surface area (Å²) in [7, 11) is 1.67. The molecule has 0 bridgehead atoms. The van der Waals surface area contributed by atoms with Gasteiger partial charge in [0.05, 0.1) is 13.0 Å². The van der Waals surface area contributed by atoms with Crippen LogP contribution in [-0.4, -0.2) is 52.8 Å². The number of hydrogen-bond acceptors (Lipinski definition) is 4. The van der Waals surface area contributed by atoms with E-state index in [1.165, 1.54) is 12.1 Å². The fourth-order valence-electron chi connectivity index (χ4n) is 3.68. The highest BCUT2D eigenvalue weighted by Crippen LogP contribution is 2.39. The predicted molar refractivity (Wildman–Crippen MR) is 93.1 cm³/mol. The van der Waals surface area contributed by atoms with Crippen molar-refractivity contribution >= 4 is 5.91 Å². The van der Waals surface area contributed by atoms with Gasteiger partial charge in [0.15, 0.2) is 5.82 Å². The van der Waals surface area contributed by atoms with Crippen LogP contribution in [-0.2, 0) is 16.0 Å². The van der Waals surface area contributed by atoms with Gasteiger partial charge in [0.2, 0.25) is 5.91 Å². The van der Waals surface area contributed by atoms with E-state index in [0.717, 1.165) is 24.5 Å². The van der Waals surface area contributed by atoms with Gasteiger partial charge in [-0.1, -0.05) is 12.1 Å². The van der Waals surface area contributed by atoms with Crippen LogP contribution in [0.25, 0.3) is 0 Å². The number of aromatic nitrogens is 3. The van der Waals surface area contributed by atoms with E-state index in [2.05, 4.69) is 15.2 Å². The molecule has 4 rings (SSSR count). The summed E-state index contributed by atoms with van der Waals surface area (Å²) in [5.74, 6) is 2.17. The number of benzene rings is 1. The van der Waals surface area contributed by atoms with Gasteiger partial charge in [0.1, 0.15) is 11.6 Å². The zero-order valence-corrected chi connectivity index (χ0v) is 14.8. The molecule has 1 saturated carbocycles. The molecule has 0 spiro atoms. The van der Waals surface area contributed by atoms with Gasteiger partial charge in [0, 0.05) is 38.0 Å². The normalized spacial score (nSPS) is 22.8. The van der Waals surface area contributed by atoms with Crippen LogP contribution in [0.5, 0.6) is 0 Å². The van der Waals surface area contributed by atoms with Crippen molar-refractivity contribution in [2.75, 3.05) is 26.8 Å². The van der Waals surface area contributed by atoms with E-state index in [-0.39, 0.29) is 30.0 Å². The Hall–Kier alpha value is -2.28. The minimum Gasteiger partial charge on any atom is -0.384 e. The van der Waals surface area contributed by atoms with Gasteiger partial charge in [-0.25, -0.2) is 9.37 Å². The van der Waals surface area contributed by atoms with Gasteiger partial charge >= 0.3 is 0 Å². The lowest BCUT2D eigenvalue weighted by atomic mass is 9.96. The molecular weight excluding hydrogens is 335 g/mol. The number of likely N-dealkylation sites (tertiary alicyclic amines) is 1. The maximum absolute atomic E-state index is 13.4. The third-order valence-electron chi connectivity index (χ3n) is 5.23. The highest BCUT2D eigenvalue weighted by molar-refractivity contribution is 5.79. The van der Waals surface area contributed by atoms with Crippen molar-refractivity contribution < 1.29 is 13.9 Å². The summed E-state index contributed by atoms with van der Waals surface area (Å²) in [5.41, 5.74) is 0.692. The van der Waals surface area contributed by atoms with Crippen LogP contribution in [0.1, 0.15) is 41.9 Å². The highest BCUT2D eigenvalue weighted by Gasteiger charge is 2.39. The molecule has 7 heteroatoms. The van der Waals surface area contributed by atoms with Gasteiger partial charge in [-0.3, -0.25) is 9.89 Å². The van der Waals surface area contributed by atoms with Crippen molar-refractivity contribution in [3.63, 3.8) is 0 Å². The van der Waals surface area contributed by atoms with Crippen LogP contribution in [0, 0.1) is 11.7 Å². The molecule has 1 aliphatic heterocycles. The van der Waals surface area contributed by atoms with Crippen molar-refractivity contribution in [1.82, 2.24) is 20.1 Å². The van der Waals surface area contributed by atoms with Crippen LogP contribution >= 0.6 is 0 Å². The molecule has 0 unspecified atom stereocenters. The largest absolute Gasteiger partial charge is 0.384 e. The van der Waals surface area contributed by atoms with Crippen LogP contribution in [0.15, 0.2) is 24.3 Å². The lowest BCUT2D eigenvalue weighted by Gasteiger charge is -2.16. The average Bonchev–Trinajstić information content (AvgIpc) is 3.19. The lowest BCUT2D eigenvalue weighted by Crippen LogP contribution is -2.30. The quantitative estimate of drug-likeness (QED) is 0.860. The van der Waals surface area contributed by atoms with Crippen molar-refractivity contribution in [3.05, 3.63) is 47.3 Å². The molecule has 1 amide bonds.